The van der Waals surface area contributed by atoms with Crippen LogP contribution in [0.5, 0.6) is 0 Å². The molecule has 0 aromatic carbocycles. The fourth-order valence-electron chi connectivity index (χ4n) is 1.57. The zero-order valence-corrected chi connectivity index (χ0v) is 12.1. The summed E-state index contributed by atoms with van der Waals surface area (Å²) >= 11 is 1.26. The molecule has 0 radical (unpaired) electrons. The molecule has 1 heterocycles. The monoisotopic (exact) mass is 375 g/mol. The van der Waals surface area contributed by atoms with Crippen LogP contribution < -0.4 is 0 Å². The van der Waals surface area contributed by atoms with Crippen LogP contribution in [0.25, 0.3) is 0 Å². The van der Waals surface area contributed by atoms with Gasteiger partial charge in [0.15, 0.2) is 0 Å². The molecule has 0 saturated heterocycles. The van der Waals surface area contributed by atoms with Gasteiger partial charge in [-0.1, -0.05) is 0 Å². The second-order valence-corrected chi connectivity index (χ2v) is 5.48. The molecule has 2 atom stereocenters. The van der Waals surface area contributed by atoms with Gasteiger partial charge in [-0.05, 0) is 0 Å². The third-order valence-corrected chi connectivity index (χ3v) is 3.46. The number of carbonyl (C=O) groups is 1. The molecule has 0 bridgehead atoms. The van der Waals surface area contributed by atoms with E-state index in [1.165, 1.54) is 19.4 Å². The molecular formula is C11H15N2OW-. The molecule has 0 spiro atoms. The molecule has 1 aliphatic heterocycles. The average Bonchev–Trinajstić information content (AvgIpc) is 2.15. The van der Waals surface area contributed by atoms with Crippen LogP contribution in [-0.2, 0) is 24.1 Å². The van der Waals surface area contributed by atoms with E-state index in [1.807, 2.05) is 9.30 Å². The number of nitrogens with zero attached hydrogens (tertiary/aromatic N) is 2. The zero-order valence-electron chi connectivity index (χ0n) is 9.18. The van der Waals surface area contributed by atoms with Crippen molar-refractivity contribution in [1.82, 2.24) is 4.90 Å². The summed E-state index contributed by atoms with van der Waals surface area (Å²) in [5.74, 6) is -0.300. The van der Waals surface area contributed by atoms with Crippen LogP contribution in [-0.4, -0.2) is 33.1 Å². The maximum absolute atomic E-state index is 11.5. The summed E-state index contributed by atoms with van der Waals surface area (Å²) in [5, 5.41) is 0. The van der Waals surface area contributed by atoms with Crippen LogP contribution in [0.2, 0.25) is 0 Å². The van der Waals surface area contributed by atoms with E-state index in [1.54, 1.807) is 12.4 Å². The third-order valence-electron chi connectivity index (χ3n) is 2.40. The first-order valence-electron chi connectivity index (χ1n) is 4.78. The third kappa shape index (κ3) is 2.52. The first-order valence-corrected chi connectivity index (χ1v) is 6.48. The quantitative estimate of drug-likeness (QED) is 0.675. The summed E-state index contributed by atoms with van der Waals surface area (Å²) in [6, 6.07) is -0.0764. The van der Waals surface area contributed by atoms with Crippen molar-refractivity contribution in [3.8, 4) is 0 Å². The van der Waals surface area contributed by atoms with Gasteiger partial charge in [-0.3, -0.25) is 0 Å². The van der Waals surface area contributed by atoms with E-state index in [9.17, 15) is 4.79 Å². The van der Waals surface area contributed by atoms with Crippen LogP contribution in [0.15, 0.2) is 11.1 Å². The Hall–Kier alpha value is -0.562. The molecule has 1 amide bonds. The molecule has 4 heteroatoms. The summed E-state index contributed by atoms with van der Waals surface area (Å²) in [7, 11) is 0. The SMILES string of the molecule is [CH-]=CC1C([CH]=[W])C(=O)N=CN1C(C)(C)C. The van der Waals surface area contributed by atoms with Gasteiger partial charge >= 0.3 is 102 Å². The van der Waals surface area contributed by atoms with Crippen molar-refractivity contribution in [3.63, 3.8) is 0 Å². The predicted octanol–water partition coefficient (Wildman–Crippen LogP) is 0.978. The number of aliphatic imine (C=N–C) groups is 1. The Kier molecular flexibility index (Phi) is 3.77. The number of hydrogen-bond donors (Lipinski definition) is 0. The summed E-state index contributed by atoms with van der Waals surface area (Å²) in [4.78, 5) is 17.5. The molecule has 0 N–H and O–H groups in total. The van der Waals surface area contributed by atoms with Gasteiger partial charge in [-0.15, -0.1) is 0 Å². The Morgan fingerprint density at radius 1 is 1.60 bits per heavy atom. The Morgan fingerprint density at radius 3 is 2.60 bits per heavy atom. The van der Waals surface area contributed by atoms with E-state index in [-0.39, 0.29) is 23.4 Å². The van der Waals surface area contributed by atoms with Crippen molar-refractivity contribution in [3.05, 3.63) is 12.7 Å². The second kappa shape index (κ2) is 4.52. The normalized spacial score (nSPS) is 26.6. The van der Waals surface area contributed by atoms with Gasteiger partial charge in [0.25, 0.3) is 0 Å². The van der Waals surface area contributed by atoms with Crippen LogP contribution in [0.3, 0.4) is 0 Å². The Balaban J connectivity index is 3.10. The summed E-state index contributed by atoms with van der Waals surface area (Å²) in [6.07, 6.45) is 3.18. The second-order valence-electron chi connectivity index (χ2n) is 4.51. The van der Waals surface area contributed by atoms with Gasteiger partial charge in [0.1, 0.15) is 0 Å². The van der Waals surface area contributed by atoms with E-state index in [2.05, 4.69) is 25.8 Å². The molecule has 3 nitrogen and oxygen atoms in total. The van der Waals surface area contributed by atoms with Crippen LogP contribution in [0.4, 0.5) is 0 Å². The first kappa shape index (κ1) is 12.5. The van der Waals surface area contributed by atoms with Gasteiger partial charge in [0, 0.05) is 0 Å². The molecule has 0 fully saturated rings. The number of rotatable bonds is 2. The van der Waals surface area contributed by atoms with E-state index in [0.29, 0.717) is 0 Å². The Morgan fingerprint density at radius 2 is 2.20 bits per heavy atom. The minimum atomic E-state index is -0.200. The standard InChI is InChI=1S/C11H15N2O.W/c1-6-9-8(2)10(14)12-7-13(9)11(3,4)5;/h1-2,6-9H,3-5H3;/q-1;. The number of carbonyl (C=O) groups excluding carboxylic acids is 1. The molecule has 1 rings (SSSR count). The summed E-state index contributed by atoms with van der Waals surface area (Å²) in [5.41, 5.74) is -0.0820. The van der Waals surface area contributed by atoms with Gasteiger partial charge in [0.05, 0.1) is 0 Å². The van der Waals surface area contributed by atoms with Crippen molar-refractivity contribution in [2.75, 3.05) is 0 Å². The van der Waals surface area contributed by atoms with Gasteiger partial charge < -0.3 is 0 Å². The van der Waals surface area contributed by atoms with Gasteiger partial charge in [0.2, 0.25) is 0 Å². The van der Waals surface area contributed by atoms with Crippen molar-refractivity contribution < 1.29 is 24.1 Å². The maximum atomic E-state index is 11.5. The van der Waals surface area contributed by atoms with Crippen molar-refractivity contribution in [1.29, 1.82) is 0 Å². The van der Waals surface area contributed by atoms with E-state index in [4.69, 9.17) is 6.58 Å². The molecular weight excluding hydrogens is 360 g/mol. The first-order chi connectivity index (χ1) is 6.91. The van der Waals surface area contributed by atoms with E-state index >= 15 is 0 Å². The van der Waals surface area contributed by atoms with Gasteiger partial charge in [-0.2, -0.15) is 0 Å². The Bertz CT molecular complexity index is 317. The summed E-state index contributed by atoms with van der Waals surface area (Å²) in [6.45, 7) is 11.9. The van der Waals surface area contributed by atoms with Crippen molar-refractivity contribution in [2.45, 2.75) is 32.4 Å². The molecule has 15 heavy (non-hydrogen) atoms. The predicted molar refractivity (Wildman–Crippen MR) is 57.3 cm³/mol. The molecule has 0 aliphatic carbocycles. The molecule has 82 valence electrons. The molecule has 0 aromatic heterocycles. The van der Waals surface area contributed by atoms with Gasteiger partial charge in [-0.25, -0.2) is 0 Å². The zero-order chi connectivity index (χ0) is 11.6. The van der Waals surface area contributed by atoms with Crippen molar-refractivity contribution in [2.24, 2.45) is 10.9 Å². The molecule has 2 unspecified atom stereocenters. The van der Waals surface area contributed by atoms with Crippen LogP contribution in [0, 0.1) is 12.5 Å². The van der Waals surface area contributed by atoms with Crippen molar-refractivity contribution >= 4 is 16.6 Å². The van der Waals surface area contributed by atoms with Crippen LogP contribution in [0.1, 0.15) is 20.8 Å². The fourth-order valence-corrected chi connectivity index (χ4v) is 2.57. The molecule has 0 aromatic rings. The molecule has 1 aliphatic rings. The van der Waals surface area contributed by atoms with E-state index in [0.717, 1.165) is 0 Å². The summed E-state index contributed by atoms with van der Waals surface area (Å²) < 4.78 is 1.94. The number of hydrogen-bond acceptors (Lipinski definition) is 2. The average molecular weight is 375 g/mol. The Labute approximate surface area is 102 Å². The van der Waals surface area contributed by atoms with E-state index < -0.39 is 0 Å². The topological polar surface area (TPSA) is 32.7 Å². The fraction of sp³-hybridized carbons (Fsp3) is 0.545. The molecule has 0 saturated carbocycles. The van der Waals surface area contributed by atoms with Crippen LogP contribution >= 0.6 is 0 Å². The minimum absolute atomic E-state index is 0.0764. The number of amides is 1.